The first-order chi connectivity index (χ1) is 15.2. The molecule has 3 aromatic carbocycles. The first-order valence-electron chi connectivity index (χ1n) is 10.2. The molecule has 1 aliphatic rings. The quantitative estimate of drug-likeness (QED) is 0.458. The van der Waals surface area contributed by atoms with E-state index in [1.54, 1.807) is 6.07 Å². The number of fused-ring (bicyclic) bond motifs is 2. The molecule has 5 rings (SSSR count). The third-order valence-electron chi connectivity index (χ3n) is 5.76. The van der Waals surface area contributed by atoms with Crippen molar-refractivity contribution in [2.75, 3.05) is 7.11 Å². The zero-order valence-electron chi connectivity index (χ0n) is 17.0. The van der Waals surface area contributed by atoms with Gasteiger partial charge in [-0.25, -0.2) is 4.98 Å². The van der Waals surface area contributed by atoms with Crippen LogP contribution in [0, 0.1) is 5.92 Å². The molecule has 0 radical (unpaired) electrons. The van der Waals surface area contributed by atoms with Gasteiger partial charge in [-0.1, -0.05) is 60.7 Å². The number of carbonyl (C=O) groups is 1. The van der Waals surface area contributed by atoms with Gasteiger partial charge in [0.05, 0.1) is 32.8 Å². The average molecular weight is 428 g/mol. The molecule has 4 nitrogen and oxygen atoms in total. The average Bonchev–Trinajstić information content (AvgIpc) is 2.82. The lowest BCUT2D eigenvalue weighted by molar-refractivity contribution is 0.0713. The lowest BCUT2D eigenvalue weighted by Gasteiger charge is -2.30. The van der Waals surface area contributed by atoms with E-state index in [-0.39, 0.29) is 5.78 Å². The maximum absolute atomic E-state index is 13.5. The number of benzene rings is 3. The van der Waals surface area contributed by atoms with E-state index in [0.29, 0.717) is 16.9 Å². The minimum Gasteiger partial charge on any atom is -0.367 e. The van der Waals surface area contributed by atoms with Crippen LogP contribution in [0.15, 0.2) is 89.8 Å². The SMILES string of the molecule is CO[C@H]1C(Cc2ccccc2)C(=O)c2cc(-c3ccc4ccccc4n3)ccc2[S@@]1=O. The summed E-state index contributed by atoms with van der Waals surface area (Å²) in [6, 6.07) is 27.2. The topological polar surface area (TPSA) is 56.3 Å². The van der Waals surface area contributed by atoms with E-state index in [9.17, 15) is 9.00 Å². The van der Waals surface area contributed by atoms with E-state index in [0.717, 1.165) is 27.7 Å². The monoisotopic (exact) mass is 427 g/mol. The number of ether oxygens (including phenoxy) is 1. The highest BCUT2D eigenvalue weighted by molar-refractivity contribution is 7.85. The number of rotatable bonds is 4. The Morgan fingerprint density at radius 1 is 0.935 bits per heavy atom. The molecular weight excluding hydrogens is 406 g/mol. The van der Waals surface area contributed by atoms with E-state index < -0.39 is 22.2 Å². The predicted octanol–water partition coefficient (Wildman–Crippen LogP) is 5.04. The van der Waals surface area contributed by atoms with Gasteiger partial charge in [0.15, 0.2) is 5.78 Å². The van der Waals surface area contributed by atoms with Crippen LogP contribution in [0.1, 0.15) is 15.9 Å². The van der Waals surface area contributed by atoms with Crippen LogP contribution in [0.25, 0.3) is 22.2 Å². The van der Waals surface area contributed by atoms with Gasteiger partial charge in [0, 0.05) is 23.6 Å². The summed E-state index contributed by atoms with van der Waals surface area (Å²) in [4.78, 5) is 18.8. The Labute approximate surface area is 183 Å². The van der Waals surface area contributed by atoms with Crippen molar-refractivity contribution < 1.29 is 13.7 Å². The van der Waals surface area contributed by atoms with E-state index in [1.807, 2.05) is 78.9 Å². The van der Waals surface area contributed by atoms with Crippen LogP contribution >= 0.6 is 0 Å². The molecule has 1 aromatic heterocycles. The van der Waals surface area contributed by atoms with E-state index >= 15 is 0 Å². The number of Topliss-reactive ketones (excluding diaryl/α,β-unsaturated/α-hetero) is 1. The van der Waals surface area contributed by atoms with E-state index in [1.165, 1.54) is 7.11 Å². The molecule has 0 saturated carbocycles. The predicted molar refractivity (Wildman–Crippen MR) is 122 cm³/mol. The summed E-state index contributed by atoms with van der Waals surface area (Å²) >= 11 is 0. The van der Waals surface area contributed by atoms with E-state index in [4.69, 9.17) is 9.72 Å². The van der Waals surface area contributed by atoms with Crippen molar-refractivity contribution in [3.8, 4) is 11.3 Å². The summed E-state index contributed by atoms with van der Waals surface area (Å²) in [5, 5.41) is 1.06. The summed E-state index contributed by atoms with van der Waals surface area (Å²) in [6.07, 6.45) is 0.488. The fourth-order valence-corrected chi connectivity index (χ4v) is 5.71. The van der Waals surface area contributed by atoms with Crippen LogP contribution in [0.3, 0.4) is 0 Å². The Balaban J connectivity index is 1.56. The molecule has 2 heterocycles. The van der Waals surface area contributed by atoms with Crippen LogP contribution in [-0.4, -0.2) is 27.5 Å². The maximum atomic E-state index is 13.5. The lowest BCUT2D eigenvalue weighted by atomic mass is 9.90. The number of aromatic nitrogens is 1. The van der Waals surface area contributed by atoms with Gasteiger partial charge >= 0.3 is 0 Å². The molecule has 3 atom stereocenters. The summed E-state index contributed by atoms with van der Waals surface area (Å²) in [7, 11) is 0.0923. The number of hydrogen-bond acceptors (Lipinski definition) is 4. The van der Waals surface area contributed by atoms with Crippen molar-refractivity contribution in [1.82, 2.24) is 4.98 Å². The lowest BCUT2D eigenvalue weighted by Crippen LogP contribution is -2.40. The normalized spacial score (nSPS) is 20.5. The van der Waals surface area contributed by atoms with E-state index in [2.05, 4.69) is 0 Å². The molecule has 0 spiro atoms. The second-order valence-corrected chi connectivity index (χ2v) is 9.16. The molecule has 154 valence electrons. The Bertz CT molecular complexity index is 1300. The summed E-state index contributed by atoms with van der Waals surface area (Å²) < 4.78 is 18.8. The number of carbonyl (C=O) groups excluding carboxylic acids is 1. The molecule has 0 saturated heterocycles. The van der Waals surface area contributed by atoms with Gasteiger partial charge in [-0.15, -0.1) is 0 Å². The van der Waals surface area contributed by atoms with Crippen molar-refractivity contribution in [3.05, 3.63) is 96.1 Å². The standard InChI is InChI=1S/C26H21NO3S/c1-30-26-21(15-17-7-3-2-4-8-17)25(28)20-16-19(12-14-24(20)31(26)29)23-13-11-18-9-5-6-10-22(18)27-23/h2-14,16,21,26H,15H2,1H3/t21?,26-,31+/m1/s1. The highest BCUT2D eigenvalue weighted by atomic mass is 32.2. The van der Waals surface area contributed by atoms with Gasteiger partial charge in [-0.3, -0.25) is 9.00 Å². The molecule has 0 fully saturated rings. The number of ketones is 1. The zero-order chi connectivity index (χ0) is 21.4. The Morgan fingerprint density at radius 2 is 1.71 bits per heavy atom. The molecule has 0 amide bonds. The van der Waals surface area contributed by atoms with Crippen LogP contribution in [-0.2, 0) is 22.0 Å². The molecule has 31 heavy (non-hydrogen) atoms. The van der Waals surface area contributed by atoms with Gasteiger partial charge in [0.2, 0.25) is 0 Å². The molecule has 1 aliphatic heterocycles. The summed E-state index contributed by atoms with van der Waals surface area (Å²) in [5.41, 5.74) is 3.38. The Morgan fingerprint density at radius 3 is 2.52 bits per heavy atom. The first-order valence-corrected chi connectivity index (χ1v) is 11.4. The molecule has 0 aliphatic carbocycles. The minimum absolute atomic E-state index is 0.0343. The van der Waals surface area contributed by atoms with Crippen LogP contribution in [0.2, 0.25) is 0 Å². The summed E-state index contributed by atoms with van der Waals surface area (Å²) in [6.45, 7) is 0. The fraction of sp³-hybridized carbons (Fsp3) is 0.154. The van der Waals surface area contributed by atoms with Gasteiger partial charge in [0.1, 0.15) is 5.44 Å². The Kier molecular flexibility index (Phi) is 5.22. The van der Waals surface area contributed by atoms with Crippen LogP contribution in [0.4, 0.5) is 0 Å². The van der Waals surface area contributed by atoms with Gasteiger partial charge in [-0.2, -0.15) is 0 Å². The second-order valence-electron chi connectivity index (χ2n) is 7.66. The minimum atomic E-state index is -1.43. The highest BCUT2D eigenvalue weighted by Gasteiger charge is 2.41. The van der Waals surface area contributed by atoms with Crippen molar-refractivity contribution in [2.24, 2.45) is 5.92 Å². The van der Waals surface area contributed by atoms with Crippen molar-refractivity contribution >= 4 is 27.5 Å². The third kappa shape index (κ3) is 3.60. The van der Waals surface area contributed by atoms with Gasteiger partial charge in [-0.05, 0) is 36.2 Å². The fourth-order valence-electron chi connectivity index (χ4n) is 4.19. The molecular formula is C26H21NO3S. The number of methoxy groups -OCH3 is 1. The number of pyridine rings is 1. The second kappa shape index (κ2) is 8.17. The molecule has 4 aromatic rings. The third-order valence-corrected chi connectivity index (χ3v) is 7.50. The van der Waals surface area contributed by atoms with Crippen molar-refractivity contribution in [3.63, 3.8) is 0 Å². The summed E-state index contributed by atoms with van der Waals surface area (Å²) in [5.74, 6) is -0.534. The van der Waals surface area contributed by atoms with Gasteiger partial charge in [0.25, 0.3) is 0 Å². The van der Waals surface area contributed by atoms with Gasteiger partial charge < -0.3 is 4.74 Å². The van der Waals surface area contributed by atoms with Crippen molar-refractivity contribution in [2.45, 2.75) is 16.8 Å². The van der Waals surface area contributed by atoms with Crippen molar-refractivity contribution in [1.29, 1.82) is 0 Å². The maximum Gasteiger partial charge on any atom is 0.171 e. The van der Waals surface area contributed by atoms with Crippen LogP contribution < -0.4 is 0 Å². The molecule has 0 bridgehead atoms. The zero-order valence-corrected chi connectivity index (χ0v) is 17.8. The smallest absolute Gasteiger partial charge is 0.171 e. The highest BCUT2D eigenvalue weighted by Crippen LogP contribution is 2.35. The number of para-hydroxylation sites is 1. The largest absolute Gasteiger partial charge is 0.367 e. The number of hydrogen-bond donors (Lipinski definition) is 0. The Hall–Kier alpha value is -3.15. The molecule has 1 unspecified atom stereocenters. The first kappa shape index (κ1) is 19.8. The van der Waals surface area contributed by atoms with Crippen LogP contribution in [0.5, 0.6) is 0 Å². The number of nitrogens with zero attached hydrogens (tertiary/aromatic N) is 1. The molecule has 5 heteroatoms. The molecule has 0 N–H and O–H groups in total.